The lowest BCUT2D eigenvalue weighted by atomic mass is 9.85. The van der Waals surface area contributed by atoms with Gasteiger partial charge in [0.05, 0.1) is 17.0 Å². The molecule has 148 valence electrons. The Labute approximate surface area is 163 Å². The number of H-pyrrole nitrogens is 1. The van der Waals surface area contributed by atoms with Gasteiger partial charge in [-0.2, -0.15) is 5.10 Å². The van der Waals surface area contributed by atoms with Gasteiger partial charge < -0.3 is 10.2 Å². The minimum Gasteiger partial charge on any atom is -0.350 e. The average molecular weight is 384 g/mol. The quantitative estimate of drug-likeness (QED) is 0.853. The van der Waals surface area contributed by atoms with Gasteiger partial charge in [0, 0.05) is 35.3 Å². The van der Waals surface area contributed by atoms with Crippen molar-refractivity contribution in [2.45, 2.75) is 46.1 Å². The molecule has 28 heavy (non-hydrogen) atoms. The number of aromatic amines is 1. The van der Waals surface area contributed by atoms with Crippen LogP contribution >= 0.6 is 0 Å². The summed E-state index contributed by atoms with van der Waals surface area (Å²) in [6.45, 7) is 9.92. The second-order valence-corrected chi connectivity index (χ2v) is 8.05. The topological polar surface area (TPSA) is 78.1 Å². The zero-order valence-corrected chi connectivity index (χ0v) is 16.8. The van der Waals surface area contributed by atoms with Crippen molar-refractivity contribution in [3.63, 3.8) is 0 Å². The predicted octanol–water partition coefficient (Wildman–Crippen LogP) is 3.16. The molecular weight excluding hydrogens is 359 g/mol. The van der Waals surface area contributed by atoms with Crippen molar-refractivity contribution in [1.82, 2.24) is 20.4 Å². The van der Waals surface area contributed by atoms with E-state index in [0.29, 0.717) is 23.4 Å². The SMILES string of the molecule is Cc1n[nH]c2c1C(C(=O)NC(C)C)=CN(C(=O)c1ccc(F)cc1)CC2(C)C. The Morgan fingerprint density at radius 2 is 1.89 bits per heavy atom. The predicted molar refractivity (Wildman–Crippen MR) is 105 cm³/mol. The summed E-state index contributed by atoms with van der Waals surface area (Å²) in [5.74, 6) is -0.967. The lowest BCUT2D eigenvalue weighted by Gasteiger charge is -2.28. The number of nitrogens with zero attached hydrogens (tertiary/aromatic N) is 2. The van der Waals surface area contributed by atoms with E-state index >= 15 is 0 Å². The van der Waals surface area contributed by atoms with Crippen LogP contribution in [0.2, 0.25) is 0 Å². The molecule has 0 spiro atoms. The van der Waals surface area contributed by atoms with Gasteiger partial charge >= 0.3 is 0 Å². The largest absolute Gasteiger partial charge is 0.350 e. The molecule has 1 aliphatic rings. The summed E-state index contributed by atoms with van der Waals surface area (Å²) in [6.07, 6.45) is 1.58. The molecule has 0 atom stereocenters. The van der Waals surface area contributed by atoms with Gasteiger partial charge in [0.15, 0.2) is 0 Å². The molecule has 0 radical (unpaired) electrons. The van der Waals surface area contributed by atoms with Crippen LogP contribution in [0.5, 0.6) is 0 Å². The maximum Gasteiger partial charge on any atom is 0.257 e. The zero-order valence-electron chi connectivity index (χ0n) is 16.8. The molecule has 0 saturated heterocycles. The first-order valence-electron chi connectivity index (χ1n) is 9.25. The number of hydrogen-bond acceptors (Lipinski definition) is 3. The van der Waals surface area contributed by atoms with Gasteiger partial charge in [0.1, 0.15) is 5.82 Å². The third kappa shape index (κ3) is 3.69. The third-order valence-electron chi connectivity index (χ3n) is 4.76. The summed E-state index contributed by atoms with van der Waals surface area (Å²) in [4.78, 5) is 27.6. The number of hydrogen-bond donors (Lipinski definition) is 2. The Morgan fingerprint density at radius 3 is 2.50 bits per heavy atom. The van der Waals surface area contributed by atoms with E-state index in [1.807, 2.05) is 34.6 Å². The van der Waals surface area contributed by atoms with Crippen molar-refractivity contribution in [3.05, 3.63) is 58.8 Å². The van der Waals surface area contributed by atoms with Crippen LogP contribution in [0.1, 0.15) is 55.0 Å². The van der Waals surface area contributed by atoms with Crippen molar-refractivity contribution in [1.29, 1.82) is 0 Å². The number of amides is 2. The van der Waals surface area contributed by atoms with Crippen molar-refractivity contribution in [2.24, 2.45) is 0 Å². The van der Waals surface area contributed by atoms with E-state index in [1.165, 1.54) is 29.2 Å². The van der Waals surface area contributed by atoms with Gasteiger partial charge in [-0.3, -0.25) is 14.7 Å². The summed E-state index contributed by atoms with van der Waals surface area (Å²) in [5, 5.41) is 10.2. The average Bonchev–Trinajstić information content (AvgIpc) is 2.94. The van der Waals surface area contributed by atoms with Crippen molar-refractivity contribution >= 4 is 17.4 Å². The van der Waals surface area contributed by atoms with E-state index in [2.05, 4.69) is 15.5 Å². The normalized spacial score (nSPS) is 15.7. The second-order valence-electron chi connectivity index (χ2n) is 8.05. The van der Waals surface area contributed by atoms with Crippen LogP contribution in [0.4, 0.5) is 4.39 Å². The van der Waals surface area contributed by atoms with Crippen LogP contribution in [0.3, 0.4) is 0 Å². The standard InChI is InChI=1S/C21H25FN4O2/c1-12(2)23-19(27)16-10-26(20(28)14-6-8-15(22)9-7-14)11-21(4,5)18-17(16)13(3)24-25-18/h6-10,12H,11H2,1-5H3,(H,23,27)(H,24,25). The second kappa shape index (κ2) is 7.22. The molecule has 0 bridgehead atoms. The smallest absolute Gasteiger partial charge is 0.257 e. The Morgan fingerprint density at radius 1 is 1.25 bits per heavy atom. The summed E-state index contributed by atoms with van der Waals surface area (Å²) in [6, 6.07) is 5.35. The number of rotatable bonds is 3. The molecule has 2 aromatic rings. The van der Waals surface area contributed by atoms with Gasteiger partial charge in [-0.05, 0) is 45.0 Å². The number of carbonyl (C=O) groups is 2. The van der Waals surface area contributed by atoms with Gasteiger partial charge in [0.25, 0.3) is 11.8 Å². The molecule has 0 saturated carbocycles. The maximum absolute atomic E-state index is 13.3. The fraction of sp³-hybridized carbons (Fsp3) is 0.381. The molecule has 2 amide bonds. The summed E-state index contributed by atoms with van der Waals surface area (Å²) >= 11 is 0. The molecule has 1 aromatic carbocycles. The first-order chi connectivity index (χ1) is 13.1. The zero-order chi connectivity index (χ0) is 20.6. The molecule has 3 rings (SSSR count). The Hall–Kier alpha value is -2.96. The minimum absolute atomic E-state index is 0.0541. The van der Waals surface area contributed by atoms with E-state index in [1.54, 1.807) is 6.20 Å². The van der Waals surface area contributed by atoms with Crippen molar-refractivity contribution in [2.75, 3.05) is 6.54 Å². The molecule has 0 aliphatic carbocycles. The maximum atomic E-state index is 13.3. The highest BCUT2D eigenvalue weighted by Crippen LogP contribution is 2.36. The van der Waals surface area contributed by atoms with E-state index in [9.17, 15) is 14.0 Å². The summed E-state index contributed by atoms with van der Waals surface area (Å²) in [5.41, 5.74) is 2.50. The van der Waals surface area contributed by atoms with E-state index in [-0.39, 0.29) is 17.9 Å². The number of aromatic nitrogens is 2. The summed E-state index contributed by atoms with van der Waals surface area (Å²) < 4.78 is 13.3. The third-order valence-corrected chi connectivity index (χ3v) is 4.76. The molecular formula is C21H25FN4O2. The first kappa shape index (κ1) is 19.8. The van der Waals surface area contributed by atoms with Crippen molar-refractivity contribution < 1.29 is 14.0 Å². The number of carbonyl (C=O) groups excluding carboxylic acids is 2. The Bertz CT molecular complexity index is 942. The first-order valence-corrected chi connectivity index (χ1v) is 9.25. The highest BCUT2D eigenvalue weighted by atomic mass is 19.1. The van der Waals surface area contributed by atoms with Crippen molar-refractivity contribution in [3.8, 4) is 0 Å². The highest BCUT2D eigenvalue weighted by molar-refractivity contribution is 6.20. The molecule has 2 heterocycles. The molecule has 1 aromatic heterocycles. The van der Waals surface area contributed by atoms with E-state index in [4.69, 9.17) is 0 Å². The van der Waals surface area contributed by atoms with Crippen LogP contribution in [0.15, 0.2) is 30.5 Å². The molecule has 1 aliphatic heterocycles. The fourth-order valence-corrected chi connectivity index (χ4v) is 3.42. The van der Waals surface area contributed by atoms with E-state index < -0.39 is 11.2 Å². The van der Waals surface area contributed by atoms with E-state index in [0.717, 1.165) is 11.3 Å². The van der Waals surface area contributed by atoms with Gasteiger partial charge in [-0.15, -0.1) is 0 Å². The van der Waals surface area contributed by atoms with Crippen LogP contribution in [-0.2, 0) is 10.2 Å². The monoisotopic (exact) mass is 384 g/mol. The number of benzene rings is 1. The lowest BCUT2D eigenvalue weighted by molar-refractivity contribution is -0.116. The van der Waals surface area contributed by atoms with Crippen LogP contribution in [0, 0.1) is 12.7 Å². The van der Waals surface area contributed by atoms with Crippen LogP contribution in [0.25, 0.3) is 5.57 Å². The van der Waals surface area contributed by atoms with Gasteiger partial charge in [-0.1, -0.05) is 13.8 Å². The van der Waals surface area contributed by atoms with Gasteiger partial charge in [0.2, 0.25) is 0 Å². The summed E-state index contributed by atoms with van der Waals surface area (Å²) in [7, 11) is 0. The number of nitrogens with one attached hydrogen (secondary N) is 2. The fourth-order valence-electron chi connectivity index (χ4n) is 3.42. The minimum atomic E-state index is -0.470. The lowest BCUT2D eigenvalue weighted by Crippen LogP contribution is -2.37. The number of halogens is 1. The number of aryl methyl sites for hydroxylation is 1. The molecule has 6 nitrogen and oxygen atoms in total. The Balaban J connectivity index is 2.11. The molecule has 7 heteroatoms. The van der Waals surface area contributed by atoms with Gasteiger partial charge in [-0.25, -0.2) is 4.39 Å². The number of fused-ring (bicyclic) bond motifs is 1. The molecule has 2 N–H and O–H groups in total. The van der Waals surface area contributed by atoms with Crippen LogP contribution in [-0.4, -0.2) is 39.5 Å². The molecule has 0 fully saturated rings. The molecule has 0 unspecified atom stereocenters. The highest BCUT2D eigenvalue weighted by Gasteiger charge is 2.37. The Kier molecular flexibility index (Phi) is 5.10. The van der Waals surface area contributed by atoms with Crippen LogP contribution < -0.4 is 5.32 Å².